The summed E-state index contributed by atoms with van der Waals surface area (Å²) in [7, 11) is 0. The van der Waals surface area contributed by atoms with E-state index in [9.17, 15) is 14.7 Å². The third-order valence-electron chi connectivity index (χ3n) is 5.16. The van der Waals surface area contributed by atoms with Gasteiger partial charge in [-0.25, -0.2) is 0 Å². The number of amides is 1. The van der Waals surface area contributed by atoms with E-state index in [1.807, 2.05) is 11.8 Å². The van der Waals surface area contributed by atoms with E-state index in [1.165, 1.54) is 0 Å². The van der Waals surface area contributed by atoms with Crippen molar-refractivity contribution in [3.05, 3.63) is 0 Å². The lowest BCUT2D eigenvalue weighted by atomic mass is 9.76. The number of rotatable bonds is 4. The van der Waals surface area contributed by atoms with E-state index in [2.05, 4.69) is 27.7 Å². The summed E-state index contributed by atoms with van der Waals surface area (Å²) in [5, 5.41) is 9.36. The lowest BCUT2D eigenvalue weighted by Crippen LogP contribution is -2.46. The summed E-state index contributed by atoms with van der Waals surface area (Å²) in [6.45, 7) is 11.6. The van der Waals surface area contributed by atoms with Crippen molar-refractivity contribution in [1.82, 2.24) is 4.90 Å². The maximum atomic E-state index is 12.3. The smallest absolute Gasteiger partial charge is 0.309 e. The highest BCUT2D eigenvalue weighted by Crippen LogP contribution is 2.36. The Bertz CT molecular complexity index is 362. The summed E-state index contributed by atoms with van der Waals surface area (Å²) in [4.78, 5) is 25.5. The molecule has 4 nitrogen and oxygen atoms in total. The highest BCUT2D eigenvalue weighted by Gasteiger charge is 2.41. The standard InChI is InChI=1S/C16H29NO3/c1-6-16(14(19)20)7-9-17(10-8-16)13(18)11-12(2)15(3,4)5/h12H,6-11H2,1-5H3,(H,19,20). The highest BCUT2D eigenvalue weighted by atomic mass is 16.4. The number of aliphatic carboxylic acids is 1. The Morgan fingerprint density at radius 2 is 1.75 bits per heavy atom. The second-order valence-corrected chi connectivity index (χ2v) is 7.29. The van der Waals surface area contributed by atoms with Crippen LogP contribution in [-0.4, -0.2) is 35.0 Å². The van der Waals surface area contributed by atoms with Crippen molar-refractivity contribution < 1.29 is 14.7 Å². The van der Waals surface area contributed by atoms with Crippen LogP contribution in [-0.2, 0) is 9.59 Å². The average Bonchev–Trinajstić information content (AvgIpc) is 2.37. The number of piperidine rings is 1. The summed E-state index contributed by atoms with van der Waals surface area (Å²) in [5.74, 6) is -0.218. The minimum Gasteiger partial charge on any atom is -0.481 e. The van der Waals surface area contributed by atoms with Crippen LogP contribution in [0.4, 0.5) is 0 Å². The molecule has 0 aromatic heterocycles. The Labute approximate surface area is 122 Å². The molecule has 0 aromatic rings. The van der Waals surface area contributed by atoms with Crippen molar-refractivity contribution in [2.45, 2.75) is 60.3 Å². The van der Waals surface area contributed by atoms with Gasteiger partial charge in [0.05, 0.1) is 5.41 Å². The maximum Gasteiger partial charge on any atom is 0.309 e. The van der Waals surface area contributed by atoms with Crippen molar-refractivity contribution in [3.8, 4) is 0 Å². The molecule has 20 heavy (non-hydrogen) atoms. The molecule has 1 atom stereocenters. The summed E-state index contributed by atoms with van der Waals surface area (Å²) in [6, 6.07) is 0. The summed E-state index contributed by atoms with van der Waals surface area (Å²) >= 11 is 0. The van der Waals surface area contributed by atoms with E-state index >= 15 is 0 Å². The van der Waals surface area contributed by atoms with Crippen molar-refractivity contribution in [2.24, 2.45) is 16.7 Å². The molecule has 1 unspecified atom stereocenters. The monoisotopic (exact) mass is 283 g/mol. The molecule has 1 aliphatic rings. The minimum absolute atomic E-state index is 0.125. The minimum atomic E-state index is -0.713. The summed E-state index contributed by atoms with van der Waals surface area (Å²) < 4.78 is 0. The Balaban J connectivity index is 2.57. The molecule has 1 aliphatic heterocycles. The normalized spacial score (nSPS) is 20.6. The molecule has 1 heterocycles. The zero-order chi connectivity index (χ0) is 15.6. The van der Waals surface area contributed by atoms with Crippen molar-refractivity contribution >= 4 is 11.9 Å². The number of carboxylic acids is 1. The van der Waals surface area contributed by atoms with Crippen molar-refractivity contribution in [2.75, 3.05) is 13.1 Å². The predicted octanol–water partition coefficient (Wildman–Crippen LogP) is 3.16. The van der Waals surface area contributed by atoms with Crippen LogP contribution < -0.4 is 0 Å². The molecule has 0 saturated carbocycles. The van der Waals surface area contributed by atoms with Crippen LogP contribution in [0.3, 0.4) is 0 Å². The topological polar surface area (TPSA) is 57.6 Å². The van der Waals surface area contributed by atoms with E-state index in [4.69, 9.17) is 0 Å². The molecule has 1 fully saturated rings. The van der Waals surface area contributed by atoms with Crippen molar-refractivity contribution in [1.29, 1.82) is 0 Å². The molecule has 1 amide bonds. The third kappa shape index (κ3) is 3.74. The van der Waals surface area contributed by atoms with Gasteiger partial charge in [0.15, 0.2) is 0 Å². The molecule has 1 N–H and O–H groups in total. The number of likely N-dealkylation sites (tertiary alicyclic amines) is 1. The van der Waals surface area contributed by atoms with Gasteiger partial charge in [-0.3, -0.25) is 9.59 Å². The fourth-order valence-corrected chi connectivity index (χ4v) is 2.60. The molecule has 1 saturated heterocycles. The first-order valence-electron chi connectivity index (χ1n) is 7.63. The van der Waals surface area contributed by atoms with Gasteiger partial charge in [-0.2, -0.15) is 0 Å². The second kappa shape index (κ2) is 6.15. The first-order valence-corrected chi connectivity index (χ1v) is 7.63. The van der Waals surface area contributed by atoms with Gasteiger partial charge in [0.1, 0.15) is 0 Å². The number of carbonyl (C=O) groups excluding carboxylic acids is 1. The Hall–Kier alpha value is -1.06. The first-order chi connectivity index (χ1) is 9.12. The molecule has 0 aromatic carbocycles. The molecule has 116 valence electrons. The Morgan fingerprint density at radius 3 is 2.10 bits per heavy atom. The lowest BCUT2D eigenvalue weighted by Gasteiger charge is -2.39. The van der Waals surface area contributed by atoms with E-state index in [0.717, 1.165) is 0 Å². The molecular formula is C16H29NO3. The van der Waals surface area contributed by atoms with Gasteiger partial charge >= 0.3 is 5.97 Å². The number of hydrogen-bond donors (Lipinski definition) is 1. The Morgan fingerprint density at radius 1 is 1.25 bits per heavy atom. The van der Waals surface area contributed by atoms with Gasteiger partial charge in [-0.05, 0) is 30.6 Å². The zero-order valence-corrected chi connectivity index (χ0v) is 13.5. The number of hydrogen-bond acceptors (Lipinski definition) is 2. The van der Waals surface area contributed by atoms with Gasteiger partial charge in [0.25, 0.3) is 0 Å². The predicted molar refractivity (Wildman–Crippen MR) is 79.4 cm³/mol. The number of carbonyl (C=O) groups is 2. The summed E-state index contributed by atoms with van der Waals surface area (Å²) in [6.07, 6.45) is 2.35. The third-order valence-corrected chi connectivity index (χ3v) is 5.16. The van der Waals surface area contributed by atoms with Crippen LogP contribution in [0.5, 0.6) is 0 Å². The molecule has 0 aliphatic carbocycles. The van der Waals surface area contributed by atoms with Gasteiger partial charge in [-0.15, -0.1) is 0 Å². The van der Waals surface area contributed by atoms with Crippen LogP contribution in [0.15, 0.2) is 0 Å². The lowest BCUT2D eigenvalue weighted by molar-refractivity contribution is -0.154. The van der Waals surface area contributed by atoms with Crippen LogP contribution >= 0.6 is 0 Å². The van der Waals surface area contributed by atoms with Crippen LogP contribution in [0.25, 0.3) is 0 Å². The first kappa shape index (κ1) is 17.0. The fraction of sp³-hybridized carbons (Fsp3) is 0.875. The highest BCUT2D eigenvalue weighted by molar-refractivity contribution is 5.78. The molecule has 0 radical (unpaired) electrons. The van der Waals surface area contributed by atoms with Gasteiger partial charge in [0, 0.05) is 19.5 Å². The molecular weight excluding hydrogens is 254 g/mol. The van der Waals surface area contributed by atoms with E-state index in [0.29, 0.717) is 44.7 Å². The van der Waals surface area contributed by atoms with E-state index in [-0.39, 0.29) is 11.3 Å². The quantitative estimate of drug-likeness (QED) is 0.862. The SMILES string of the molecule is CCC1(C(=O)O)CCN(C(=O)CC(C)C(C)(C)C)CC1. The summed E-state index contributed by atoms with van der Waals surface area (Å²) in [5.41, 5.74) is -0.494. The van der Waals surface area contributed by atoms with Crippen LogP contribution in [0, 0.1) is 16.7 Å². The van der Waals surface area contributed by atoms with Gasteiger partial charge in [-0.1, -0.05) is 34.6 Å². The molecule has 1 rings (SSSR count). The maximum absolute atomic E-state index is 12.3. The molecule has 0 spiro atoms. The second-order valence-electron chi connectivity index (χ2n) is 7.29. The van der Waals surface area contributed by atoms with Crippen molar-refractivity contribution in [3.63, 3.8) is 0 Å². The zero-order valence-electron chi connectivity index (χ0n) is 13.5. The molecule has 0 bridgehead atoms. The largest absolute Gasteiger partial charge is 0.481 e. The average molecular weight is 283 g/mol. The fourth-order valence-electron chi connectivity index (χ4n) is 2.60. The van der Waals surface area contributed by atoms with E-state index in [1.54, 1.807) is 0 Å². The van der Waals surface area contributed by atoms with E-state index < -0.39 is 11.4 Å². The van der Waals surface area contributed by atoms with Gasteiger partial charge < -0.3 is 10.0 Å². The van der Waals surface area contributed by atoms with Crippen LogP contribution in [0.1, 0.15) is 60.3 Å². The Kier molecular flexibility index (Phi) is 5.22. The van der Waals surface area contributed by atoms with Crippen LogP contribution in [0.2, 0.25) is 0 Å². The number of carboxylic acid groups (broad SMARTS) is 1. The molecule has 4 heteroatoms. The number of nitrogens with zero attached hydrogens (tertiary/aromatic N) is 1. The van der Waals surface area contributed by atoms with Gasteiger partial charge in [0.2, 0.25) is 5.91 Å².